The maximum Gasteiger partial charge on any atom is 0.133 e. The van der Waals surface area contributed by atoms with Crippen LogP contribution in [0.15, 0.2) is 60.7 Å². The summed E-state index contributed by atoms with van der Waals surface area (Å²) in [5.41, 5.74) is 2.90. The molecule has 0 spiro atoms. The second-order valence-corrected chi connectivity index (χ2v) is 6.41. The Morgan fingerprint density at radius 2 is 1.15 bits per heavy atom. The van der Waals surface area contributed by atoms with Crippen molar-refractivity contribution in [2.45, 2.75) is 11.5 Å². The summed E-state index contributed by atoms with van der Waals surface area (Å²) < 4.78 is 0. The van der Waals surface area contributed by atoms with Gasteiger partial charge in [-0.25, -0.2) is 0 Å². The highest BCUT2D eigenvalue weighted by Crippen LogP contribution is 2.12. The molecule has 0 aromatic heterocycles. The van der Waals surface area contributed by atoms with Gasteiger partial charge in [-0.05, 0) is 10.9 Å². The number of nitrogens with zero attached hydrogens (tertiary/aromatic N) is 1. The van der Waals surface area contributed by atoms with E-state index in [1.807, 2.05) is 0 Å². The van der Waals surface area contributed by atoms with E-state index in [1.165, 1.54) is 22.6 Å². The van der Waals surface area contributed by atoms with Gasteiger partial charge in [0, 0.05) is 11.1 Å². The number of hydrogen-bond acceptors (Lipinski definition) is 3. The Balaban J connectivity index is 0.000000444. The first-order valence-electron chi connectivity index (χ1n) is 6.06. The van der Waals surface area contributed by atoms with Crippen molar-refractivity contribution in [2.24, 2.45) is 0 Å². The van der Waals surface area contributed by atoms with Crippen LogP contribution in [0.2, 0.25) is 0 Å². The minimum atomic E-state index is -1.75. The zero-order valence-electron chi connectivity index (χ0n) is 11.3. The topological polar surface area (TPSA) is 66.2 Å². The summed E-state index contributed by atoms with van der Waals surface area (Å²) in [6, 6.07) is 21.5. The Hall–Kier alpha value is -2.01. The van der Waals surface area contributed by atoms with Gasteiger partial charge in [-0.1, -0.05) is 60.7 Å². The highest BCUT2D eigenvalue weighted by Gasteiger charge is 2.12. The molecule has 2 aromatic rings. The molecule has 106 valence electrons. The quantitative estimate of drug-likeness (QED) is 0.492. The lowest BCUT2D eigenvalue weighted by Crippen LogP contribution is -2.06. The van der Waals surface area contributed by atoms with Crippen LogP contribution >= 0.6 is 0 Å². The molecule has 5 heteroatoms. The van der Waals surface area contributed by atoms with Crippen molar-refractivity contribution >= 4 is 10.9 Å². The van der Waals surface area contributed by atoms with E-state index in [4.69, 9.17) is 15.3 Å². The zero-order chi connectivity index (χ0) is 14.8. The Kier molecular flexibility index (Phi) is 7.21. The van der Waals surface area contributed by atoms with Crippen LogP contribution in [0.5, 0.6) is 0 Å². The smallest absolute Gasteiger partial charge is 0.133 e. The standard InChI is InChI=1S/C15H17S.NO3/c1-16(12-14-8-4-2-5-9-14)13-15-10-6-3-7-11-15;2-1(3)4/h2-11H,12-13H2,1H3;/q+1;-1. The molecule has 20 heavy (non-hydrogen) atoms. The fourth-order valence-electron chi connectivity index (χ4n) is 1.77. The van der Waals surface area contributed by atoms with Crippen molar-refractivity contribution in [3.05, 3.63) is 87.1 Å². The van der Waals surface area contributed by atoms with Crippen molar-refractivity contribution < 1.29 is 5.09 Å². The van der Waals surface area contributed by atoms with Gasteiger partial charge in [-0.15, -0.1) is 0 Å². The fourth-order valence-corrected chi connectivity index (χ4v) is 3.39. The van der Waals surface area contributed by atoms with Gasteiger partial charge >= 0.3 is 0 Å². The molecule has 0 fully saturated rings. The molecule has 0 aliphatic carbocycles. The van der Waals surface area contributed by atoms with Gasteiger partial charge in [0.25, 0.3) is 0 Å². The molecule has 4 nitrogen and oxygen atoms in total. The summed E-state index contributed by atoms with van der Waals surface area (Å²) in [4.78, 5) is 8.25. The minimum Gasteiger partial charge on any atom is -0.356 e. The predicted octanol–water partition coefficient (Wildman–Crippen LogP) is 3.40. The highest BCUT2D eigenvalue weighted by atomic mass is 32.2. The van der Waals surface area contributed by atoms with Gasteiger partial charge in [-0.2, -0.15) is 0 Å². The SMILES string of the molecule is C[S+](Cc1ccccc1)Cc1ccccc1.O=[N+]([O-])[O-]. The lowest BCUT2D eigenvalue weighted by Gasteiger charge is -2.03. The summed E-state index contributed by atoms with van der Waals surface area (Å²) in [7, 11) is 0.428. The molecular formula is C15H17NO3S. The first-order valence-corrected chi connectivity index (χ1v) is 8.03. The molecular weight excluding hydrogens is 274 g/mol. The van der Waals surface area contributed by atoms with Crippen molar-refractivity contribution in [3.63, 3.8) is 0 Å². The average molecular weight is 291 g/mol. The third kappa shape index (κ3) is 7.43. The molecule has 0 aliphatic rings. The van der Waals surface area contributed by atoms with Crippen LogP contribution in [0, 0.1) is 15.3 Å². The second kappa shape index (κ2) is 8.98. The first kappa shape index (κ1) is 16.0. The molecule has 0 radical (unpaired) electrons. The maximum absolute atomic E-state index is 8.25. The normalized spacial score (nSPS) is 9.70. The lowest BCUT2D eigenvalue weighted by molar-refractivity contribution is -0.402. The van der Waals surface area contributed by atoms with Crippen LogP contribution in [-0.2, 0) is 22.4 Å². The monoisotopic (exact) mass is 291 g/mol. The van der Waals surface area contributed by atoms with E-state index >= 15 is 0 Å². The van der Waals surface area contributed by atoms with Crippen LogP contribution in [0.25, 0.3) is 0 Å². The molecule has 0 aliphatic heterocycles. The predicted molar refractivity (Wildman–Crippen MR) is 83.9 cm³/mol. The molecule has 0 bridgehead atoms. The van der Waals surface area contributed by atoms with Crippen molar-refractivity contribution in [2.75, 3.05) is 6.26 Å². The summed E-state index contributed by atoms with van der Waals surface area (Å²) in [6.45, 7) is 0. The van der Waals surface area contributed by atoms with E-state index in [0.717, 1.165) is 0 Å². The molecule has 0 amide bonds. The summed E-state index contributed by atoms with van der Waals surface area (Å²) >= 11 is 0. The van der Waals surface area contributed by atoms with Crippen LogP contribution in [0.4, 0.5) is 0 Å². The van der Waals surface area contributed by atoms with Crippen molar-refractivity contribution in [1.82, 2.24) is 0 Å². The fraction of sp³-hybridized carbons (Fsp3) is 0.200. The van der Waals surface area contributed by atoms with Gasteiger partial charge < -0.3 is 15.3 Å². The summed E-state index contributed by atoms with van der Waals surface area (Å²) in [5, 5.41) is 14.8. The molecule has 0 atom stereocenters. The van der Waals surface area contributed by atoms with E-state index < -0.39 is 5.09 Å². The molecule has 0 N–H and O–H groups in total. The van der Waals surface area contributed by atoms with Crippen LogP contribution in [0.3, 0.4) is 0 Å². The molecule has 0 saturated carbocycles. The highest BCUT2D eigenvalue weighted by molar-refractivity contribution is 7.94. The van der Waals surface area contributed by atoms with Crippen LogP contribution in [-0.4, -0.2) is 11.3 Å². The Labute approximate surface area is 121 Å². The molecule has 0 heterocycles. The molecule has 2 aromatic carbocycles. The first-order chi connectivity index (χ1) is 9.58. The number of hydrogen-bond donors (Lipinski definition) is 0. The largest absolute Gasteiger partial charge is 0.356 e. The van der Waals surface area contributed by atoms with Gasteiger partial charge in [0.2, 0.25) is 0 Å². The van der Waals surface area contributed by atoms with Gasteiger partial charge in [0.05, 0.1) is 11.3 Å². The summed E-state index contributed by atoms with van der Waals surface area (Å²) in [5.74, 6) is 2.38. The van der Waals surface area contributed by atoms with Crippen molar-refractivity contribution in [3.8, 4) is 0 Å². The van der Waals surface area contributed by atoms with E-state index in [2.05, 4.69) is 66.9 Å². The van der Waals surface area contributed by atoms with Gasteiger partial charge in [-0.3, -0.25) is 0 Å². The van der Waals surface area contributed by atoms with Gasteiger partial charge in [0.1, 0.15) is 11.5 Å². The van der Waals surface area contributed by atoms with E-state index in [9.17, 15) is 0 Å². The van der Waals surface area contributed by atoms with Crippen molar-refractivity contribution in [1.29, 1.82) is 0 Å². The van der Waals surface area contributed by atoms with Crippen LogP contribution in [0.1, 0.15) is 11.1 Å². The van der Waals surface area contributed by atoms with E-state index in [0.29, 0.717) is 10.9 Å². The Bertz CT molecular complexity index is 460. The average Bonchev–Trinajstić information content (AvgIpc) is 2.40. The number of benzene rings is 2. The van der Waals surface area contributed by atoms with Gasteiger partial charge in [0.15, 0.2) is 0 Å². The number of rotatable bonds is 4. The molecule has 2 rings (SSSR count). The minimum absolute atomic E-state index is 0.428. The summed E-state index contributed by atoms with van der Waals surface area (Å²) in [6.07, 6.45) is 2.35. The lowest BCUT2D eigenvalue weighted by atomic mass is 10.2. The zero-order valence-corrected chi connectivity index (χ0v) is 12.1. The Morgan fingerprint density at radius 3 is 1.45 bits per heavy atom. The van der Waals surface area contributed by atoms with E-state index in [1.54, 1.807) is 0 Å². The second-order valence-electron chi connectivity index (χ2n) is 4.26. The van der Waals surface area contributed by atoms with Crippen LogP contribution < -0.4 is 0 Å². The third-order valence-electron chi connectivity index (χ3n) is 2.51. The Morgan fingerprint density at radius 1 is 0.850 bits per heavy atom. The van der Waals surface area contributed by atoms with E-state index in [-0.39, 0.29) is 0 Å². The maximum atomic E-state index is 8.25. The molecule has 0 saturated heterocycles. The third-order valence-corrected chi connectivity index (χ3v) is 4.16. The molecule has 0 unspecified atom stereocenters.